The number of benzene rings is 1. The fourth-order valence-corrected chi connectivity index (χ4v) is 5.73. The van der Waals surface area contributed by atoms with Crippen LogP contribution >= 0.6 is 11.3 Å². The molecule has 0 bridgehead atoms. The summed E-state index contributed by atoms with van der Waals surface area (Å²) < 4.78 is 34.3. The van der Waals surface area contributed by atoms with Gasteiger partial charge in [-0.05, 0) is 18.9 Å². The molecule has 0 unspecified atom stereocenters. The van der Waals surface area contributed by atoms with Crippen molar-refractivity contribution in [2.75, 3.05) is 7.11 Å². The molecular weight excluding hydrogens is 308 g/mol. The van der Waals surface area contributed by atoms with E-state index in [1.807, 2.05) is 24.3 Å². The number of sulfonamides is 1. The van der Waals surface area contributed by atoms with E-state index in [0.717, 1.165) is 22.9 Å². The van der Waals surface area contributed by atoms with Crippen LogP contribution in [0.5, 0.6) is 0 Å². The van der Waals surface area contributed by atoms with Crippen molar-refractivity contribution in [3.63, 3.8) is 0 Å². The van der Waals surface area contributed by atoms with Crippen LogP contribution in [0.15, 0.2) is 29.2 Å². The van der Waals surface area contributed by atoms with Crippen LogP contribution in [0.4, 0.5) is 0 Å². The lowest BCUT2D eigenvalue weighted by molar-refractivity contribution is 0.0236. The SMILES string of the molecule is COC1CC(NS(=O)(=O)c2c(CN)sc3ccccc23)C1. The van der Waals surface area contributed by atoms with Crippen LogP contribution in [0.25, 0.3) is 10.1 Å². The van der Waals surface area contributed by atoms with Gasteiger partial charge in [0.2, 0.25) is 10.0 Å². The Hall–Kier alpha value is -0.990. The Morgan fingerprint density at radius 2 is 2.10 bits per heavy atom. The lowest BCUT2D eigenvalue weighted by Crippen LogP contribution is -2.47. The third-order valence-corrected chi connectivity index (χ3v) is 6.79. The van der Waals surface area contributed by atoms with E-state index in [4.69, 9.17) is 10.5 Å². The molecule has 0 spiro atoms. The molecule has 1 heterocycles. The summed E-state index contributed by atoms with van der Waals surface area (Å²) >= 11 is 1.44. The smallest absolute Gasteiger partial charge is 0.242 e. The number of nitrogens with two attached hydrogens (primary N) is 1. The highest BCUT2D eigenvalue weighted by Gasteiger charge is 2.34. The van der Waals surface area contributed by atoms with Crippen molar-refractivity contribution >= 4 is 31.4 Å². The summed E-state index contributed by atoms with van der Waals surface area (Å²) in [5.74, 6) is 0. The highest BCUT2D eigenvalue weighted by Crippen LogP contribution is 2.35. The molecule has 1 aromatic heterocycles. The van der Waals surface area contributed by atoms with Crippen molar-refractivity contribution in [1.29, 1.82) is 0 Å². The van der Waals surface area contributed by atoms with Crippen molar-refractivity contribution in [2.45, 2.75) is 36.4 Å². The number of rotatable bonds is 5. The Labute approximate surface area is 128 Å². The number of methoxy groups -OCH3 is 1. The monoisotopic (exact) mass is 326 g/mol. The van der Waals surface area contributed by atoms with E-state index < -0.39 is 10.0 Å². The molecule has 114 valence electrons. The van der Waals surface area contributed by atoms with Crippen LogP contribution in [0.1, 0.15) is 17.7 Å². The molecule has 1 aromatic carbocycles. The molecule has 0 saturated heterocycles. The van der Waals surface area contributed by atoms with Gasteiger partial charge in [-0.1, -0.05) is 18.2 Å². The largest absolute Gasteiger partial charge is 0.381 e. The van der Waals surface area contributed by atoms with Gasteiger partial charge in [0.25, 0.3) is 0 Å². The Kier molecular flexibility index (Phi) is 4.02. The molecule has 0 atom stereocenters. The number of nitrogens with one attached hydrogen (secondary N) is 1. The van der Waals surface area contributed by atoms with E-state index >= 15 is 0 Å². The van der Waals surface area contributed by atoms with Gasteiger partial charge in [0, 0.05) is 34.7 Å². The molecule has 5 nitrogen and oxygen atoms in total. The number of hydrogen-bond acceptors (Lipinski definition) is 5. The van der Waals surface area contributed by atoms with Crippen LogP contribution < -0.4 is 10.5 Å². The molecule has 1 saturated carbocycles. The van der Waals surface area contributed by atoms with Gasteiger partial charge in [0.1, 0.15) is 4.90 Å². The van der Waals surface area contributed by atoms with Gasteiger partial charge >= 0.3 is 0 Å². The van der Waals surface area contributed by atoms with Crippen molar-refractivity contribution in [3.05, 3.63) is 29.1 Å². The lowest BCUT2D eigenvalue weighted by atomic mass is 9.90. The molecule has 7 heteroatoms. The van der Waals surface area contributed by atoms with Crippen LogP contribution in [0, 0.1) is 0 Å². The molecule has 1 fully saturated rings. The molecule has 1 aliphatic carbocycles. The zero-order chi connectivity index (χ0) is 15.0. The van der Waals surface area contributed by atoms with Gasteiger partial charge in [0.05, 0.1) is 6.10 Å². The Balaban J connectivity index is 1.95. The van der Waals surface area contributed by atoms with Crippen molar-refractivity contribution in [2.24, 2.45) is 5.73 Å². The average molecular weight is 326 g/mol. The second kappa shape index (κ2) is 5.66. The van der Waals surface area contributed by atoms with Gasteiger partial charge in [-0.2, -0.15) is 0 Å². The fourth-order valence-electron chi connectivity index (χ4n) is 2.63. The Bertz CT molecular complexity index is 749. The minimum Gasteiger partial charge on any atom is -0.381 e. The van der Waals surface area contributed by atoms with Gasteiger partial charge < -0.3 is 10.5 Å². The number of hydrogen-bond donors (Lipinski definition) is 2. The maximum atomic E-state index is 12.7. The lowest BCUT2D eigenvalue weighted by Gasteiger charge is -2.34. The minimum absolute atomic E-state index is 0.0516. The normalized spacial score (nSPS) is 22.4. The van der Waals surface area contributed by atoms with Crippen molar-refractivity contribution in [3.8, 4) is 0 Å². The van der Waals surface area contributed by atoms with E-state index in [1.54, 1.807) is 7.11 Å². The number of thiophene rings is 1. The molecule has 21 heavy (non-hydrogen) atoms. The van der Waals surface area contributed by atoms with Crippen LogP contribution in [0.3, 0.4) is 0 Å². The Morgan fingerprint density at radius 3 is 2.76 bits per heavy atom. The predicted molar refractivity (Wildman–Crippen MR) is 83.9 cm³/mol. The first-order valence-corrected chi connectivity index (χ1v) is 9.10. The molecule has 3 rings (SSSR count). The van der Waals surface area contributed by atoms with Gasteiger partial charge in [-0.3, -0.25) is 0 Å². The summed E-state index contributed by atoms with van der Waals surface area (Å²) in [6.07, 6.45) is 1.59. The van der Waals surface area contributed by atoms with Gasteiger partial charge in [-0.25, -0.2) is 13.1 Å². The van der Waals surface area contributed by atoms with E-state index in [0.29, 0.717) is 9.77 Å². The number of fused-ring (bicyclic) bond motifs is 1. The zero-order valence-corrected chi connectivity index (χ0v) is 13.3. The van der Waals surface area contributed by atoms with E-state index in [9.17, 15) is 8.42 Å². The summed E-state index contributed by atoms with van der Waals surface area (Å²) in [4.78, 5) is 1.04. The molecule has 0 aliphatic heterocycles. The minimum atomic E-state index is -3.55. The molecule has 0 amide bonds. The average Bonchev–Trinajstić information content (AvgIpc) is 2.81. The highest BCUT2D eigenvalue weighted by atomic mass is 32.2. The standard InChI is InChI=1S/C14H18N2O3S2/c1-19-10-6-9(7-10)16-21(17,18)14-11-4-2-3-5-12(11)20-13(14)8-15/h2-5,9-10,16H,6-8,15H2,1H3. The molecule has 1 aliphatic rings. The van der Waals surface area contributed by atoms with Gasteiger partial charge in [-0.15, -0.1) is 11.3 Å². The predicted octanol–water partition coefficient (Wildman–Crippen LogP) is 1.82. The molecule has 0 radical (unpaired) electrons. The summed E-state index contributed by atoms with van der Waals surface area (Å²) in [6.45, 7) is 0.223. The quantitative estimate of drug-likeness (QED) is 0.878. The Morgan fingerprint density at radius 1 is 1.38 bits per heavy atom. The summed E-state index contributed by atoms with van der Waals surface area (Å²) in [7, 11) is -1.91. The molecule has 2 aromatic rings. The third kappa shape index (κ3) is 2.72. The first-order chi connectivity index (χ1) is 10.0. The van der Waals surface area contributed by atoms with Crippen LogP contribution in [-0.4, -0.2) is 27.7 Å². The highest BCUT2D eigenvalue weighted by molar-refractivity contribution is 7.90. The van der Waals surface area contributed by atoms with E-state index in [1.165, 1.54) is 11.3 Å². The maximum absolute atomic E-state index is 12.7. The van der Waals surface area contributed by atoms with Crippen molar-refractivity contribution in [1.82, 2.24) is 4.72 Å². The summed E-state index contributed by atoms with van der Waals surface area (Å²) in [6, 6.07) is 7.45. The van der Waals surface area contributed by atoms with Crippen LogP contribution in [-0.2, 0) is 21.3 Å². The topological polar surface area (TPSA) is 81.4 Å². The van der Waals surface area contributed by atoms with Gasteiger partial charge in [0.15, 0.2) is 0 Å². The second-order valence-corrected chi connectivity index (χ2v) is 7.99. The maximum Gasteiger partial charge on any atom is 0.242 e. The van der Waals surface area contributed by atoms with Crippen LogP contribution in [0.2, 0.25) is 0 Å². The first-order valence-electron chi connectivity index (χ1n) is 6.80. The molecular formula is C14H18N2O3S2. The second-order valence-electron chi connectivity index (χ2n) is 5.20. The van der Waals surface area contributed by atoms with E-state index in [2.05, 4.69) is 4.72 Å². The third-order valence-electron chi connectivity index (χ3n) is 3.82. The van der Waals surface area contributed by atoms with E-state index in [-0.39, 0.29) is 18.7 Å². The number of ether oxygens (including phenoxy) is 1. The zero-order valence-electron chi connectivity index (χ0n) is 11.7. The fraction of sp³-hybridized carbons (Fsp3) is 0.429. The summed E-state index contributed by atoms with van der Waals surface area (Å²) in [5.41, 5.74) is 5.73. The van der Waals surface area contributed by atoms with Crippen molar-refractivity contribution < 1.29 is 13.2 Å². The summed E-state index contributed by atoms with van der Waals surface area (Å²) in [5, 5.41) is 0.748. The first kappa shape index (κ1) is 14.9. The molecule has 3 N–H and O–H groups in total.